The summed E-state index contributed by atoms with van der Waals surface area (Å²) in [7, 11) is 0. The second kappa shape index (κ2) is 6.45. The van der Waals surface area contributed by atoms with Gasteiger partial charge in [-0.05, 0) is 66.4 Å². The van der Waals surface area contributed by atoms with E-state index in [1.807, 2.05) is 42.5 Å². The Kier molecular flexibility index (Phi) is 2.93. The van der Waals surface area contributed by atoms with E-state index in [0.717, 1.165) is 58.4 Å². The maximum Gasteiger partial charge on any atom is 0.144 e. The summed E-state index contributed by atoms with van der Waals surface area (Å²) < 4.78 is 39.2. The Morgan fingerprint density at radius 2 is 1.86 bits per heavy atom. The Bertz CT molecular complexity index is 1530. The third-order valence-corrected chi connectivity index (χ3v) is 6.11. The molecule has 0 saturated heterocycles. The van der Waals surface area contributed by atoms with E-state index < -0.39 is 12.7 Å². The normalized spacial score (nSPS) is 18.6. The van der Waals surface area contributed by atoms with Gasteiger partial charge in [0.25, 0.3) is 0 Å². The number of hydrogen-bond donors (Lipinski definition) is 0. The van der Waals surface area contributed by atoms with Crippen molar-refractivity contribution in [1.29, 1.82) is 0 Å². The van der Waals surface area contributed by atoms with Crippen LogP contribution in [0, 0.1) is 6.85 Å². The van der Waals surface area contributed by atoms with Crippen molar-refractivity contribution < 1.29 is 9.90 Å². The smallest absolute Gasteiger partial charge is 0.144 e. The maximum absolute atomic E-state index is 8.89. The Labute approximate surface area is 175 Å². The van der Waals surface area contributed by atoms with Crippen molar-refractivity contribution in [2.24, 2.45) is 0 Å². The van der Waals surface area contributed by atoms with E-state index in [2.05, 4.69) is 11.1 Å². The van der Waals surface area contributed by atoms with Crippen molar-refractivity contribution in [2.45, 2.75) is 38.4 Å². The number of nitrogens with zero attached hydrogens (tertiary/aromatic N) is 1. The van der Waals surface area contributed by atoms with Crippen LogP contribution in [0.3, 0.4) is 0 Å². The summed E-state index contributed by atoms with van der Waals surface area (Å²) in [4.78, 5) is 4.67. The van der Waals surface area contributed by atoms with Gasteiger partial charge in [-0.1, -0.05) is 49.2 Å². The lowest BCUT2D eigenvalue weighted by molar-refractivity contribution is 0.670. The standard InChI is InChI=1S/C27H23NO/c1-17-14-23-22-8-4-5-9-25(22)29-27(23)24(15-17)26-21-11-10-19(18-6-2-3-7-18)16-20(21)12-13-28-26/h4-5,8-16,18H,2-3,6-7H2,1H3/i1D3,18D. The molecule has 2 nitrogen and oxygen atoms in total. The molecule has 0 N–H and O–H groups in total. The Morgan fingerprint density at radius 1 is 0.966 bits per heavy atom. The number of fused-ring (bicyclic) bond motifs is 4. The van der Waals surface area contributed by atoms with Crippen LogP contribution in [0.15, 0.2) is 71.3 Å². The molecule has 29 heavy (non-hydrogen) atoms. The minimum absolute atomic E-state index is 0.267. The SMILES string of the molecule is [2H]C([2H])([2H])c1cc(-c2nccc3cc(C4([2H])CCCC4)ccc23)c2oc3ccccc3c2c1. The van der Waals surface area contributed by atoms with Crippen molar-refractivity contribution in [3.05, 3.63) is 78.0 Å². The van der Waals surface area contributed by atoms with Crippen LogP contribution >= 0.6 is 0 Å². The number of para-hydroxylation sites is 1. The van der Waals surface area contributed by atoms with Crippen molar-refractivity contribution in [3.8, 4) is 11.3 Å². The highest BCUT2D eigenvalue weighted by Gasteiger charge is 2.19. The zero-order valence-corrected chi connectivity index (χ0v) is 16.0. The summed E-state index contributed by atoms with van der Waals surface area (Å²) in [5, 5.41) is 3.59. The minimum atomic E-state index is -2.25. The van der Waals surface area contributed by atoms with E-state index in [-0.39, 0.29) is 5.56 Å². The van der Waals surface area contributed by atoms with Crippen LogP contribution in [-0.2, 0) is 0 Å². The van der Waals surface area contributed by atoms with Gasteiger partial charge in [0.2, 0.25) is 0 Å². The number of aromatic nitrogens is 1. The summed E-state index contributed by atoms with van der Waals surface area (Å²) in [5.41, 5.74) is 4.03. The van der Waals surface area contributed by atoms with E-state index in [4.69, 9.17) is 9.90 Å². The summed E-state index contributed by atoms with van der Waals surface area (Å²) in [6, 6.07) is 19.2. The van der Waals surface area contributed by atoms with Crippen LogP contribution in [-0.4, -0.2) is 4.98 Å². The number of hydrogen-bond acceptors (Lipinski definition) is 2. The molecule has 0 amide bonds. The van der Waals surface area contributed by atoms with E-state index in [1.54, 1.807) is 18.3 Å². The fraction of sp³-hybridized carbons (Fsp3) is 0.222. The van der Waals surface area contributed by atoms with Crippen LogP contribution in [0.25, 0.3) is 44.0 Å². The van der Waals surface area contributed by atoms with Crippen LogP contribution < -0.4 is 0 Å². The Balaban J connectivity index is 1.63. The highest BCUT2D eigenvalue weighted by Crippen LogP contribution is 2.40. The molecular weight excluding hydrogens is 354 g/mol. The minimum Gasteiger partial charge on any atom is -0.455 e. The van der Waals surface area contributed by atoms with E-state index in [1.165, 1.54) is 0 Å². The van der Waals surface area contributed by atoms with Gasteiger partial charge in [0, 0.05) is 33.4 Å². The first-order chi connectivity index (χ1) is 15.8. The van der Waals surface area contributed by atoms with Crippen molar-refractivity contribution >= 4 is 32.7 Å². The number of benzene rings is 3. The lowest BCUT2D eigenvalue weighted by Gasteiger charge is -2.12. The molecule has 0 bridgehead atoms. The van der Waals surface area contributed by atoms with Crippen molar-refractivity contribution in [3.63, 3.8) is 0 Å². The predicted octanol–water partition coefficient (Wildman–Crippen LogP) is 7.77. The quantitative estimate of drug-likeness (QED) is 0.312. The first-order valence-electron chi connectivity index (χ1n) is 12.2. The third kappa shape index (κ3) is 2.66. The molecule has 1 aliphatic rings. The fourth-order valence-electron chi connectivity index (χ4n) is 4.71. The monoisotopic (exact) mass is 381 g/mol. The molecule has 1 fully saturated rings. The van der Waals surface area contributed by atoms with Gasteiger partial charge in [-0.2, -0.15) is 0 Å². The number of rotatable bonds is 2. The first kappa shape index (κ1) is 13.2. The molecule has 1 saturated carbocycles. The van der Waals surface area contributed by atoms with Crippen molar-refractivity contribution in [2.75, 3.05) is 0 Å². The van der Waals surface area contributed by atoms with Crippen LogP contribution in [0.5, 0.6) is 0 Å². The summed E-state index contributed by atoms with van der Waals surface area (Å²) in [5.74, 6) is -0.523. The van der Waals surface area contributed by atoms with Gasteiger partial charge in [-0.15, -0.1) is 0 Å². The van der Waals surface area contributed by atoms with Gasteiger partial charge in [0.15, 0.2) is 0 Å². The van der Waals surface area contributed by atoms with Gasteiger partial charge < -0.3 is 4.42 Å². The molecule has 5 aromatic rings. The molecule has 0 unspecified atom stereocenters. The third-order valence-electron chi connectivity index (χ3n) is 6.11. The average molecular weight is 382 g/mol. The molecule has 6 rings (SSSR count). The number of aryl methyl sites for hydroxylation is 1. The number of furan rings is 1. The molecule has 2 heterocycles. The second-order valence-corrected chi connectivity index (χ2v) is 7.90. The average Bonchev–Trinajstić information content (AvgIpc) is 3.41. The molecule has 2 aromatic heterocycles. The van der Waals surface area contributed by atoms with Gasteiger partial charge in [-0.3, -0.25) is 4.98 Å². The summed E-state index contributed by atoms with van der Waals surface area (Å²) in [6.07, 6.45) is 5.71. The van der Waals surface area contributed by atoms with E-state index >= 15 is 0 Å². The summed E-state index contributed by atoms with van der Waals surface area (Å²) in [6.45, 7) is -2.25. The lowest BCUT2D eigenvalue weighted by atomic mass is 9.93. The van der Waals surface area contributed by atoms with Crippen molar-refractivity contribution in [1.82, 2.24) is 4.98 Å². The Morgan fingerprint density at radius 3 is 2.76 bits per heavy atom. The largest absolute Gasteiger partial charge is 0.455 e. The van der Waals surface area contributed by atoms with E-state index in [0.29, 0.717) is 16.8 Å². The Hall–Kier alpha value is -3.13. The van der Waals surface area contributed by atoms with Crippen LogP contribution in [0.2, 0.25) is 0 Å². The molecule has 2 heteroatoms. The zero-order valence-electron chi connectivity index (χ0n) is 20.0. The number of pyridine rings is 1. The molecular formula is C27H23NO. The second-order valence-electron chi connectivity index (χ2n) is 7.90. The highest BCUT2D eigenvalue weighted by molar-refractivity contribution is 6.11. The fourth-order valence-corrected chi connectivity index (χ4v) is 4.71. The first-order valence-corrected chi connectivity index (χ1v) is 10.2. The zero-order chi connectivity index (χ0) is 22.8. The van der Waals surface area contributed by atoms with Gasteiger partial charge in [0.05, 0.1) is 5.69 Å². The molecule has 142 valence electrons. The highest BCUT2D eigenvalue weighted by atomic mass is 16.3. The maximum atomic E-state index is 8.89. The van der Waals surface area contributed by atoms with E-state index in [9.17, 15) is 0 Å². The summed E-state index contributed by atoms with van der Waals surface area (Å²) >= 11 is 0. The molecule has 3 aromatic carbocycles. The van der Waals surface area contributed by atoms with Crippen LogP contribution in [0.1, 0.15) is 48.2 Å². The van der Waals surface area contributed by atoms with Gasteiger partial charge in [0.1, 0.15) is 11.2 Å². The lowest BCUT2D eigenvalue weighted by Crippen LogP contribution is -1.93. The molecule has 1 aliphatic carbocycles. The van der Waals surface area contributed by atoms with Gasteiger partial charge in [-0.25, -0.2) is 0 Å². The van der Waals surface area contributed by atoms with Crippen LogP contribution in [0.4, 0.5) is 0 Å². The predicted molar refractivity (Wildman–Crippen MR) is 120 cm³/mol. The molecule has 0 radical (unpaired) electrons. The molecule has 0 atom stereocenters. The molecule has 0 spiro atoms. The van der Waals surface area contributed by atoms with Gasteiger partial charge >= 0.3 is 0 Å². The molecule has 0 aliphatic heterocycles. The topological polar surface area (TPSA) is 26.0 Å².